The van der Waals surface area contributed by atoms with E-state index in [2.05, 4.69) is 15.0 Å². The predicted molar refractivity (Wildman–Crippen MR) is 149 cm³/mol. The number of anilines is 1. The lowest BCUT2D eigenvalue weighted by Crippen LogP contribution is -2.48. The Labute approximate surface area is 243 Å². The van der Waals surface area contributed by atoms with Gasteiger partial charge < -0.3 is 4.90 Å². The van der Waals surface area contributed by atoms with Crippen LogP contribution in [-0.4, -0.2) is 68.5 Å². The number of thiazole rings is 1. The number of benzene rings is 2. The van der Waals surface area contributed by atoms with Crippen molar-refractivity contribution >= 4 is 47.9 Å². The first-order valence-electron chi connectivity index (χ1n) is 12.0. The summed E-state index contributed by atoms with van der Waals surface area (Å²) in [5.41, 5.74) is 0.102. The maximum absolute atomic E-state index is 16.0. The minimum atomic E-state index is -4.60. The molecule has 16 heteroatoms. The summed E-state index contributed by atoms with van der Waals surface area (Å²) in [6.45, 7) is 1.13. The third kappa shape index (κ3) is 6.09. The molecular formula is C25H21ClF3N5O4S3. The third-order valence-electron chi connectivity index (χ3n) is 6.36. The number of sulfonamides is 1. The Balaban J connectivity index is 1.56. The first-order valence-corrected chi connectivity index (χ1v) is 16.7. The van der Waals surface area contributed by atoms with Crippen LogP contribution in [0, 0.1) is 17.5 Å². The van der Waals surface area contributed by atoms with E-state index in [9.17, 15) is 25.6 Å². The molecule has 0 atom stereocenters. The van der Waals surface area contributed by atoms with Crippen molar-refractivity contribution in [3.63, 3.8) is 0 Å². The second kappa shape index (κ2) is 11.3. The summed E-state index contributed by atoms with van der Waals surface area (Å²) in [6, 6.07) is 8.26. The lowest BCUT2D eigenvalue weighted by molar-refractivity contribution is 0.388. The van der Waals surface area contributed by atoms with Crippen LogP contribution in [0.2, 0.25) is 5.28 Å². The van der Waals surface area contributed by atoms with Gasteiger partial charge in [0.25, 0.3) is 0 Å². The van der Waals surface area contributed by atoms with Gasteiger partial charge in [0.05, 0.1) is 28.3 Å². The van der Waals surface area contributed by atoms with Gasteiger partial charge in [-0.05, 0) is 35.9 Å². The molecular weight excluding hydrogens is 623 g/mol. The number of nitrogens with zero attached hydrogens (tertiary/aromatic N) is 5. The maximum Gasteiger partial charge on any atom is 0.222 e. The van der Waals surface area contributed by atoms with Crippen LogP contribution >= 0.6 is 22.9 Å². The molecule has 0 aliphatic carbocycles. The zero-order valence-electron chi connectivity index (χ0n) is 21.3. The van der Waals surface area contributed by atoms with Crippen LogP contribution in [0.5, 0.6) is 0 Å². The highest BCUT2D eigenvalue weighted by atomic mass is 35.5. The van der Waals surface area contributed by atoms with E-state index >= 15 is 4.39 Å². The Hall–Kier alpha value is -3.11. The zero-order valence-corrected chi connectivity index (χ0v) is 24.5. The molecule has 1 fully saturated rings. The van der Waals surface area contributed by atoms with Gasteiger partial charge >= 0.3 is 0 Å². The first kappa shape index (κ1) is 29.4. The first-order chi connectivity index (χ1) is 19.3. The molecule has 1 aliphatic rings. The Morgan fingerprint density at radius 3 is 2.22 bits per heavy atom. The summed E-state index contributed by atoms with van der Waals surface area (Å²) in [6.07, 6.45) is 2.55. The summed E-state index contributed by atoms with van der Waals surface area (Å²) in [5, 5.41) is 0.404. The van der Waals surface area contributed by atoms with Crippen molar-refractivity contribution in [2.24, 2.45) is 0 Å². The number of rotatable bonds is 7. The predicted octanol–water partition coefficient (Wildman–Crippen LogP) is 4.39. The van der Waals surface area contributed by atoms with Crippen LogP contribution in [0.4, 0.5) is 18.3 Å². The average molecular weight is 644 g/mol. The molecule has 0 radical (unpaired) electrons. The van der Waals surface area contributed by atoms with Crippen molar-refractivity contribution in [1.82, 2.24) is 19.3 Å². The van der Waals surface area contributed by atoms with E-state index in [4.69, 9.17) is 11.6 Å². The monoisotopic (exact) mass is 643 g/mol. The van der Waals surface area contributed by atoms with E-state index in [0.29, 0.717) is 28.8 Å². The topological polar surface area (TPSA) is 113 Å². The number of hydrogen-bond acceptors (Lipinski definition) is 9. The number of piperazine rings is 1. The molecule has 216 valence electrons. The van der Waals surface area contributed by atoms with Gasteiger partial charge in [-0.1, -0.05) is 29.5 Å². The zero-order chi connectivity index (χ0) is 29.5. The largest absolute Gasteiger partial charge is 0.345 e. The highest BCUT2D eigenvalue weighted by Crippen LogP contribution is 2.41. The summed E-state index contributed by atoms with van der Waals surface area (Å²) in [4.78, 5) is 13.9. The maximum atomic E-state index is 16.0. The van der Waals surface area contributed by atoms with E-state index in [1.165, 1.54) is 40.0 Å². The van der Waals surface area contributed by atoms with Crippen molar-refractivity contribution in [2.75, 3.05) is 37.3 Å². The van der Waals surface area contributed by atoms with E-state index in [0.717, 1.165) is 24.5 Å². The Bertz CT molecular complexity index is 1830. The van der Waals surface area contributed by atoms with Crippen molar-refractivity contribution in [1.29, 1.82) is 0 Å². The van der Waals surface area contributed by atoms with Gasteiger partial charge in [-0.25, -0.2) is 45.0 Å². The molecule has 3 heterocycles. The molecule has 0 N–H and O–H groups in total. The van der Waals surface area contributed by atoms with Gasteiger partial charge in [0, 0.05) is 43.5 Å². The fourth-order valence-electron chi connectivity index (χ4n) is 4.40. The molecule has 41 heavy (non-hydrogen) atoms. The molecule has 5 rings (SSSR count). The quantitative estimate of drug-likeness (QED) is 0.273. The molecule has 0 unspecified atom stereocenters. The highest BCUT2D eigenvalue weighted by molar-refractivity contribution is 7.90. The number of halogens is 4. The average Bonchev–Trinajstić information content (AvgIpc) is 3.34. The highest BCUT2D eigenvalue weighted by Gasteiger charge is 2.30. The number of hydrogen-bond donors (Lipinski definition) is 0. The van der Waals surface area contributed by atoms with Crippen LogP contribution in [-0.2, 0) is 25.6 Å². The van der Waals surface area contributed by atoms with Gasteiger partial charge in [-0.3, -0.25) is 0 Å². The summed E-state index contributed by atoms with van der Waals surface area (Å²) >= 11 is 7.18. The normalized spacial score (nSPS) is 14.9. The van der Waals surface area contributed by atoms with Crippen LogP contribution in [0.3, 0.4) is 0 Å². The lowest BCUT2D eigenvalue weighted by Gasteiger charge is -2.32. The molecule has 0 spiro atoms. The molecule has 0 saturated carbocycles. The summed E-state index contributed by atoms with van der Waals surface area (Å²) in [7, 11) is -7.96. The number of sulfone groups is 1. The standard InChI is InChI=1S/C25H21ClF3N5O4S3/c1-40(35,36)34-12-10-33(11-13-34)25-32-21(22(39-25)19-8-9-30-24(26)31-19)16-5-2-4-15(20(16)29)14-41(37,38)23-17(27)6-3-7-18(23)28/h2-9H,10-14H2,1H3. The SMILES string of the molecule is CS(=O)(=O)N1CCN(c2nc(-c3cccc(CS(=O)(=O)c4c(F)cccc4F)c3F)c(-c3ccnc(Cl)n3)s2)CC1. The second-order valence-corrected chi connectivity index (χ2v) is 14.3. The van der Waals surface area contributed by atoms with Crippen molar-refractivity contribution in [2.45, 2.75) is 10.6 Å². The summed E-state index contributed by atoms with van der Waals surface area (Å²) in [5.74, 6) is -4.48. The molecule has 1 saturated heterocycles. The molecule has 2 aromatic heterocycles. The Morgan fingerprint density at radius 2 is 1.59 bits per heavy atom. The van der Waals surface area contributed by atoms with E-state index in [1.807, 2.05) is 4.90 Å². The molecule has 0 bridgehead atoms. The number of aromatic nitrogens is 3. The van der Waals surface area contributed by atoms with Crippen molar-refractivity contribution < 1.29 is 30.0 Å². The molecule has 4 aromatic rings. The third-order valence-corrected chi connectivity index (χ3v) is 10.7. The molecule has 0 amide bonds. The van der Waals surface area contributed by atoms with Gasteiger partial charge in [0.15, 0.2) is 15.0 Å². The van der Waals surface area contributed by atoms with E-state index in [-0.39, 0.29) is 35.2 Å². The van der Waals surface area contributed by atoms with Gasteiger partial charge in [0.1, 0.15) is 22.3 Å². The van der Waals surface area contributed by atoms with Crippen molar-refractivity contribution in [3.05, 3.63) is 77.0 Å². The Morgan fingerprint density at radius 1 is 0.927 bits per heavy atom. The van der Waals surface area contributed by atoms with Gasteiger partial charge in [-0.2, -0.15) is 4.31 Å². The van der Waals surface area contributed by atoms with Gasteiger partial charge in [0.2, 0.25) is 15.3 Å². The Kier molecular flexibility index (Phi) is 8.09. The minimum absolute atomic E-state index is 0.0580. The second-order valence-electron chi connectivity index (χ2n) is 9.12. The lowest BCUT2D eigenvalue weighted by atomic mass is 10.1. The smallest absolute Gasteiger partial charge is 0.222 e. The van der Waals surface area contributed by atoms with Crippen LogP contribution < -0.4 is 4.90 Å². The molecule has 1 aliphatic heterocycles. The molecule has 2 aromatic carbocycles. The van der Waals surface area contributed by atoms with Crippen LogP contribution in [0.15, 0.2) is 53.6 Å². The minimum Gasteiger partial charge on any atom is -0.345 e. The fourth-order valence-corrected chi connectivity index (χ4v) is 7.99. The van der Waals surface area contributed by atoms with Crippen LogP contribution in [0.25, 0.3) is 21.8 Å². The van der Waals surface area contributed by atoms with E-state index in [1.54, 1.807) is 6.07 Å². The van der Waals surface area contributed by atoms with Gasteiger partial charge in [-0.15, -0.1) is 0 Å². The van der Waals surface area contributed by atoms with E-state index < -0.39 is 48.0 Å². The van der Waals surface area contributed by atoms with Crippen LogP contribution in [0.1, 0.15) is 5.56 Å². The molecule has 9 nitrogen and oxygen atoms in total. The fraction of sp³-hybridized carbons (Fsp3) is 0.240. The summed E-state index contributed by atoms with van der Waals surface area (Å²) < 4.78 is 95.6. The van der Waals surface area contributed by atoms with Crippen molar-refractivity contribution in [3.8, 4) is 21.8 Å².